The van der Waals surface area contributed by atoms with Gasteiger partial charge in [0, 0.05) is 30.4 Å². The first-order chi connectivity index (χ1) is 13.0. The van der Waals surface area contributed by atoms with Gasteiger partial charge in [-0.2, -0.15) is 5.26 Å². The molecule has 27 heavy (non-hydrogen) atoms. The van der Waals surface area contributed by atoms with E-state index in [2.05, 4.69) is 11.4 Å². The molecule has 0 bridgehead atoms. The van der Waals surface area contributed by atoms with Gasteiger partial charge < -0.3 is 19.7 Å². The van der Waals surface area contributed by atoms with Crippen LogP contribution in [0.5, 0.6) is 0 Å². The van der Waals surface area contributed by atoms with E-state index in [0.717, 1.165) is 11.3 Å². The van der Waals surface area contributed by atoms with Gasteiger partial charge in [0.25, 0.3) is 0 Å². The Bertz CT molecular complexity index is 827. The number of allylic oxidation sites excluding steroid dienone is 1. The summed E-state index contributed by atoms with van der Waals surface area (Å²) in [4.78, 5) is 26.6. The van der Waals surface area contributed by atoms with Crippen molar-refractivity contribution in [1.82, 2.24) is 4.90 Å². The number of benzene rings is 1. The van der Waals surface area contributed by atoms with Gasteiger partial charge in [-0.05, 0) is 44.0 Å². The SMILES string of the molecule is CCOC(=O)c1ccc2c(c1)[C@@H]1[C@@H](CC(C#N)=CN1C)[C@H](C(=O)OCC)N2. The number of fused-ring (bicyclic) bond motifs is 3. The van der Waals surface area contributed by atoms with Crippen molar-refractivity contribution in [2.24, 2.45) is 5.92 Å². The molecule has 0 radical (unpaired) electrons. The zero-order valence-electron chi connectivity index (χ0n) is 15.7. The van der Waals surface area contributed by atoms with Crippen LogP contribution >= 0.6 is 0 Å². The third-order valence-electron chi connectivity index (χ3n) is 4.96. The normalized spacial score (nSPS) is 23.1. The summed E-state index contributed by atoms with van der Waals surface area (Å²) in [6.45, 7) is 4.13. The molecule has 0 aliphatic carbocycles. The minimum atomic E-state index is -0.560. The van der Waals surface area contributed by atoms with Gasteiger partial charge in [0.1, 0.15) is 6.04 Å². The highest BCUT2D eigenvalue weighted by atomic mass is 16.5. The molecular formula is C20H23N3O4. The number of hydrogen-bond acceptors (Lipinski definition) is 7. The summed E-state index contributed by atoms with van der Waals surface area (Å²) >= 11 is 0. The van der Waals surface area contributed by atoms with E-state index in [1.165, 1.54) is 0 Å². The number of anilines is 1. The van der Waals surface area contributed by atoms with Crippen LogP contribution in [0.15, 0.2) is 30.0 Å². The number of ether oxygens (including phenoxy) is 2. The van der Waals surface area contributed by atoms with Gasteiger partial charge in [0.15, 0.2) is 0 Å². The Morgan fingerprint density at radius 3 is 2.70 bits per heavy atom. The van der Waals surface area contributed by atoms with E-state index in [9.17, 15) is 14.9 Å². The molecule has 0 fully saturated rings. The van der Waals surface area contributed by atoms with Gasteiger partial charge in [0.2, 0.25) is 0 Å². The van der Waals surface area contributed by atoms with Gasteiger partial charge in [-0.1, -0.05) is 0 Å². The Morgan fingerprint density at radius 1 is 1.30 bits per heavy atom. The fraction of sp³-hybridized carbons (Fsp3) is 0.450. The lowest BCUT2D eigenvalue weighted by Gasteiger charge is -2.45. The number of carbonyl (C=O) groups excluding carboxylic acids is 2. The molecule has 0 spiro atoms. The Morgan fingerprint density at radius 2 is 2.04 bits per heavy atom. The second-order valence-corrected chi connectivity index (χ2v) is 6.64. The molecule has 3 atom stereocenters. The lowest BCUT2D eigenvalue weighted by molar-refractivity contribution is -0.146. The Balaban J connectivity index is 2.05. The average molecular weight is 369 g/mol. The lowest BCUT2D eigenvalue weighted by atomic mass is 9.76. The van der Waals surface area contributed by atoms with Gasteiger partial charge in [0.05, 0.1) is 30.9 Å². The summed E-state index contributed by atoms with van der Waals surface area (Å²) in [6.07, 6.45) is 2.26. The summed E-state index contributed by atoms with van der Waals surface area (Å²) in [6, 6.07) is 6.77. The second-order valence-electron chi connectivity index (χ2n) is 6.64. The maximum atomic E-state index is 12.5. The number of nitriles is 1. The third-order valence-corrected chi connectivity index (χ3v) is 4.96. The molecule has 0 saturated heterocycles. The fourth-order valence-corrected chi connectivity index (χ4v) is 3.89. The molecule has 7 heteroatoms. The molecule has 1 N–H and O–H groups in total. The highest BCUT2D eigenvalue weighted by Crippen LogP contribution is 2.46. The van der Waals surface area contributed by atoms with Crippen LogP contribution in [0.1, 0.15) is 42.2 Å². The Labute approximate surface area is 158 Å². The maximum absolute atomic E-state index is 12.5. The van der Waals surface area contributed by atoms with Crippen LogP contribution in [0.25, 0.3) is 0 Å². The Kier molecular flexibility index (Phi) is 5.36. The first-order valence-electron chi connectivity index (χ1n) is 9.07. The van der Waals surface area contributed by atoms with E-state index >= 15 is 0 Å². The molecule has 1 aromatic rings. The Hall–Kier alpha value is -3.01. The standard InChI is InChI=1S/C20H23N3O4/c1-4-26-19(24)13-6-7-16-14(9-13)18-15(8-12(10-21)11-23(18)3)17(22-16)20(25)27-5-2/h6-7,9,11,15,17-18,22H,4-5,8H2,1-3H3/t15-,17+,18+/m0/s1. The van der Waals surface area contributed by atoms with Crippen LogP contribution in [-0.4, -0.2) is 43.1 Å². The van der Waals surface area contributed by atoms with Crippen molar-refractivity contribution in [3.63, 3.8) is 0 Å². The third kappa shape index (κ3) is 3.47. The van der Waals surface area contributed by atoms with Crippen molar-refractivity contribution in [1.29, 1.82) is 5.26 Å². The van der Waals surface area contributed by atoms with Gasteiger partial charge in [-0.15, -0.1) is 0 Å². The molecule has 2 aliphatic heterocycles. The van der Waals surface area contributed by atoms with E-state index < -0.39 is 6.04 Å². The van der Waals surface area contributed by atoms with Crippen LogP contribution in [0.2, 0.25) is 0 Å². The molecule has 2 aliphatic rings. The number of esters is 2. The van der Waals surface area contributed by atoms with Gasteiger partial charge in [-0.3, -0.25) is 0 Å². The summed E-state index contributed by atoms with van der Waals surface area (Å²) in [7, 11) is 1.88. The van der Waals surface area contributed by atoms with Crippen LogP contribution in [0.4, 0.5) is 5.69 Å². The van der Waals surface area contributed by atoms with E-state index in [-0.39, 0.29) is 23.9 Å². The predicted molar refractivity (Wildman–Crippen MR) is 98.7 cm³/mol. The lowest BCUT2D eigenvalue weighted by Crippen LogP contribution is -2.49. The van der Waals surface area contributed by atoms with Crippen molar-refractivity contribution >= 4 is 17.6 Å². The largest absolute Gasteiger partial charge is 0.464 e. The number of nitrogens with zero attached hydrogens (tertiary/aromatic N) is 2. The number of rotatable bonds is 4. The predicted octanol–water partition coefficient (Wildman–Crippen LogP) is 2.62. The summed E-state index contributed by atoms with van der Waals surface area (Å²) in [5, 5.41) is 12.6. The zero-order valence-corrected chi connectivity index (χ0v) is 15.7. The summed E-state index contributed by atoms with van der Waals surface area (Å²) in [5.41, 5.74) is 2.76. The smallest absolute Gasteiger partial charge is 0.338 e. The average Bonchev–Trinajstić information content (AvgIpc) is 2.66. The van der Waals surface area contributed by atoms with Crippen molar-refractivity contribution in [3.8, 4) is 6.07 Å². The van der Waals surface area contributed by atoms with E-state index in [1.54, 1.807) is 38.2 Å². The van der Waals surface area contributed by atoms with Crippen LogP contribution in [0.3, 0.4) is 0 Å². The van der Waals surface area contributed by atoms with Crippen molar-refractivity contribution in [2.45, 2.75) is 32.4 Å². The summed E-state index contributed by atoms with van der Waals surface area (Å²) in [5.74, 6) is -0.894. The monoisotopic (exact) mass is 369 g/mol. The zero-order chi connectivity index (χ0) is 19.6. The molecule has 0 amide bonds. The number of carbonyl (C=O) groups is 2. The molecule has 2 heterocycles. The van der Waals surface area contributed by atoms with Crippen LogP contribution in [0, 0.1) is 17.2 Å². The van der Waals surface area contributed by atoms with Crippen molar-refractivity contribution in [2.75, 3.05) is 25.6 Å². The van der Waals surface area contributed by atoms with Crippen molar-refractivity contribution < 1.29 is 19.1 Å². The maximum Gasteiger partial charge on any atom is 0.338 e. The molecule has 0 unspecified atom stereocenters. The molecule has 1 aromatic carbocycles. The first kappa shape index (κ1) is 18.8. The molecule has 7 nitrogen and oxygen atoms in total. The van der Waals surface area contributed by atoms with Gasteiger partial charge in [-0.25, -0.2) is 9.59 Å². The van der Waals surface area contributed by atoms with E-state index in [0.29, 0.717) is 30.8 Å². The van der Waals surface area contributed by atoms with Crippen molar-refractivity contribution in [3.05, 3.63) is 41.1 Å². The summed E-state index contributed by atoms with van der Waals surface area (Å²) < 4.78 is 10.4. The number of nitrogens with one attached hydrogen (secondary N) is 1. The first-order valence-corrected chi connectivity index (χ1v) is 9.07. The molecule has 3 rings (SSSR count). The second kappa shape index (κ2) is 7.70. The molecule has 0 saturated carbocycles. The molecule has 0 aromatic heterocycles. The topological polar surface area (TPSA) is 91.7 Å². The fourth-order valence-electron chi connectivity index (χ4n) is 3.89. The van der Waals surface area contributed by atoms with E-state index in [1.807, 2.05) is 11.9 Å². The molecular weight excluding hydrogens is 346 g/mol. The van der Waals surface area contributed by atoms with Gasteiger partial charge >= 0.3 is 11.9 Å². The van der Waals surface area contributed by atoms with Crippen LogP contribution < -0.4 is 5.32 Å². The highest BCUT2D eigenvalue weighted by molar-refractivity contribution is 5.91. The molecule has 142 valence electrons. The number of hydrogen-bond donors (Lipinski definition) is 1. The highest BCUT2D eigenvalue weighted by Gasteiger charge is 2.45. The van der Waals surface area contributed by atoms with E-state index in [4.69, 9.17) is 9.47 Å². The van der Waals surface area contributed by atoms with Crippen LogP contribution in [-0.2, 0) is 14.3 Å². The quantitative estimate of drug-likeness (QED) is 0.816. The minimum Gasteiger partial charge on any atom is -0.464 e. The minimum absolute atomic E-state index is 0.151.